The van der Waals surface area contributed by atoms with E-state index >= 15 is 0 Å². The maximum absolute atomic E-state index is 12.4. The lowest BCUT2D eigenvalue weighted by Crippen LogP contribution is -2.49. The van der Waals surface area contributed by atoms with Gasteiger partial charge in [-0.15, -0.1) is 5.06 Å². The summed E-state index contributed by atoms with van der Waals surface area (Å²) in [4.78, 5) is 87.3. The van der Waals surface area contributed by atoms with Gasteiger partial charge in [-0.2, -0.15) is 0 Å². The molecule has 1 heterocycles. The highest BCUT2D eigenvalue weighted by Crippen LogP contribution is 2.15. The van der Waals surface area contributed by atoms with E-state index in [1.165, 1.54) is 0 Å². The van der Waals surface area contributed by atoms with Gasteiger partial charge in [-0.05, 0) is 70.5 Å². The van der Waals surface area contributed by atoms with E-state index in [0.29, 0.717) is 43.7 Å². The number of carbonyl (C=O) groups is 7. The van der Waals surface area contributed by atoms with Crippen molar-refractivity contribution in [2.24, 2.45) is 5.73 Å². The monoisotopic (exact) mass is 817 g/mol. The molecule has 0 bridgehead atoms. The number of alkyl carbamates (subject to hydrolysis) is 3. The number of benzene rings is 2. The van der Waals surface area contributed by atoms with Crippen molar-refractivity contribution in [3.8, 4) is 0 Å². The summed E-state index contributed by atoms with van der Waals surface area (Å²) in [6, 6.07) is 15.9. The van der Waals surface area contributed by atoms with Gasteiger partial charge in [0, 0.05) is 19.4 Å². The number of nitrogens with one attached hydrogen (secondary N) is 3. The molecule has 2 unspecified atom stereocenters. The van der Waals surface area contributed by atoms with Crippen LogP contribution in [0.4, 0.5) is 14.4 Å². The van der Waals surface area contributed by atoms with Crippen LogP contribution in [-0.4, -0.2) is 105 Å². The lowest BCUT2D eigenvalue weighted by atomic mass is 10.0. The molecule has 1 aliphatic rings. The number of carboxylic acids is 1. The Morgan fingerprint density at radius 1 is 0.724 bits per heavy atom. The molecule has 8 N–H and O–H groups in total. The summed E-state index contributed by atoms with van der Waals surface area (Å²) >= 11 is 0. The molecule has 3 rings (SSSR count). The average molecular weight is 818 g/mol. The summed E-state index contributed by atoms with van der Waals surface area (Å²) < 4.78 is 15.3. The largest absolute Gasteiger partial charge is 0.479 e. The number of nitrogens with two attached hydrogens (primary N) is 1. The van der Waals surface area contributed by atoms with Gasteiger partial charge in [-0.3, -0.25) is 9.59 Å². The van der Waals surface area contributed by atoms with E-state index in [1.807, 2.05) is 24.3 Å². The van der Waals surface area contributed by atoms with Crippen molar-refractivity contribution in [2.45, 2.75) is 115 Å². The number of ether oxygens (including phenoxy) is 3. The minimum Gasteiger partial charge on any atom is -0.479 e. The molecular formula is C39H55N5O14. The normalized spacial score (nSPS) is 14.4. The summed E-state index contributed by atoms with van der Waals surface area (Å²) in [5, 5.41) is 36.8. The molecule has 58 heavy (non-hydrogen) atoms. The first-order chi connectivity index (χ1) is 27.5. The van der Waals surface area contributed by atoms with E-state index in [2.05, 4.69) is 16.0 Å². The molecule has 1 aliphatic heterocycles. The van der Waals surface area contributed by atoms with Crippen molar-refractivity contribution in [1.29, 1.82) is 0 Å². The number of rotatable bonds is 20. The number of hydrogen-bond donors (Lipinski definition) is 7. The number of carboxylic acid groups (broad SMARTS) is 1. The van der Waals surface area contributed by atoms with Crippen LogP contribution in [0.3, 0.4) is 0 Å². The molecule has 1 fully saturated rings. The second-order valence-corrected chi connectivity index (χ2v) is 14.1. The average Bonchev–Trinajstić information content (AvgIpc) is 3.50. The summed E-state index contributed by atoms with van der Waals surface area (Å²) in [7, 11) is 0. The van der Waals surface area contributed by atoms with E-state index in [-0.39, 0.29) is 39.0 Å². The van der Waals surface area contributed by atoms with Crippen LogP contribution in [0.5, 0.6) is 0 Å². The maximum Gasteiger partial charge on any atom is 0.407 e. The number of hydrogen-bond acceptors (Lipinski definition) is 14. The third-order valence-electron chi connectivity index (χ3n) is 8.06. The number of amides is 5. The summed E-state index contributed by atoms with van der Waals surface area (Å²) in [6.07, 6.45) is -3.44. The zero-order chi connectivity index (χ0) is 43.1. The molecule has 0 radical (unpaired) electrons. The van der Waals surface area contributed by atoms with Crippen molar-refractivity contribution in [1.82, 2.24) is 21.0 Å². The van der Waals surface area contributed by atoms with Gasteiger partial charge >= 0.3 is 30.2 Å². The molecule has 0 saturated carbocycles. The fourth-order valence-corrected chi connectivity index (χ4v) is 5.09. The smallest absolute Gasteiger partial charge is 0.407 e. The van der Waals surface area contributed by atoms with Crippen LogP contribution >= 0.6 is 0 Å². The highest BCUT2D eigenvalue weighted by atomic mass is 16.7. The van der Waals surface area contributed by atoms with Gasteiger partial charge in [0.05, 0.1) is 12.1 Å². The molecule has 0 spiro atoms. The highest BCUT2D eigenvalue weighted by Gasteiger charge is 2.37. The Morgan fingerprint density at radius 2 is 1.19 bits per heavy atom. The van der Waals surface area contributed by atoms with Crippen LogP contribution in [0.15, 0.2) is 60.7 Å². The van der Waals surface area contributed by atoms with Gasteiger partial charge in [0.1, 0.15) is 18.8 Å². The predicted molar refractivity (Wildman–Crippen MR) is 205 cm³/mol. The van der Waals surface area contributed by atoms with Crippen molar-refractivity contribution < 1.29 is 67.9 Å². The zero-order valence-electron chi connectivity index (χ0n) is 32.9. The Labute approximate surface area is 336 Å². The summed E-state index contributed by atoms with van der Waals surface area (Å²) in [6.45, 7) is 5.99. The quantitative estimate of drug-likeness (QED) is 0.0575. The standard InChI is InChI=1S/C24H33N3O9.C15H22N2O5/c1-24(2,3)35-22(32)25-14-8-7-11-17(26-23(33)34-15-16-9-5-4-6-10-16)20(30)21(31)36-27-18(28)12-13-19(27)29;16-9-5-4-8-12(13(18)14(19)20)17-15(21)22-10-11-6-2-1-3-7-11/h4-6,9-10,17,20,30H,7-8,11-15H2,1-3H3,(H,25,32)(H,26,33);1-3,6-7,12-13,18H,4-5,8-10,16H2,(H,17,21)(H,19,20)/t17-,20?;12-,13?/m00/s1. The molecule has 0 aliphatic carbocycles. The molecular weight excluding hydrogens is 762 g/mol. The number of aliphatic carboxylic acids is 1. The molecule has 2 aromatic rings. The molecule has 4 atom stereocenters. The second-order valence-electron chi connectivity index (χ2n) is 14.1. The molecule has 5 amide bonds. The van der Waals surface area contributed by atoms with Crippen LogP contribution < -0.4 is 21.7 Å². The predicted octanol–water partition coefficient (Wildman–Crippen LogP) is 2.80. The number of unbranched alkanes of at least 4 members (excludes halogenated alkanes) is 2. The maximum atomic E-state index is 12.4. The van der Waals surface area contributed by atoms with Gasteiger partial charge in [0.25, 0.3) is 11.8 Å². The van der Waals surface area contributed by atoms with Gasteiger partial charge in [0.2, 0.25) is 0 Å². The molecule has 320 valence electrons. The Hall–Kier alpha value is -5.79. The lowest BCUT2D eigenvalue weighted by molar-refractivity contribution is -0.204. The second kappa shape index (κ2) is 25.5. The fraction of sp³-hybridized carbons (Fsp3) is 0.513. The van der Waals surface area contributed by atoms with Crippen molar-refractivity contribution in [3.63, 3.8) is 0 Å². The Balaban J connectivity index is 0.000000451. The van der Waals surface area contributed by atoms with Gasteiger partial charge in [-0.25, -0.2) is 24.0 Å². The van der Waals surface area contributed by atoms with Gasteiger partial charge < -0.3 is 56.1 Å². The van der Waals surface area contributed by atoms with E-state index in [1.54, 1.807) is 57.2 Å². The number of aliphatic hydroxyl groups is 2. The minimum absolute atomic E-state index is 0.0312. The topological polar surface area (TPSA) is 282 Å². The van der Waals surface area contributed by atoms with Crippen molar-refractivity contribution >= 4 is 42.0 Å². The summed E-state index contributed by atoms with van der Waals surface area (Å²) in [5.74, 6) is -4.04. The van der Waals surface area contributed by atoms with E-state index in [4.69, 9.17) is 29.9 Å². The van der Waals surface area contributed by atoms with Crippen LogP contribution in [0.1, 0.15) is 83.3 Å². The number of carbonyl (C=O) groups excluding carboxylic acids is 6. The molecule has 1 saturated heterocycles. The fourth-order valence-electron chi connectivity index (χ4n) is 5.09. The zero-order valence-corrected chi connectivity index (χ0v) is 32.9. The molecule has 2 aromatic carbocycles. The van der Waals surface area contributed by atoms with E-state index in [0.717, 1.165) is 11.1 Å². The first-order valence-corrected chi connectivity index (χ1v) is 18.8. The number of hydroxylamine groups is 2. The Morgan fingerprint density at radius 3 is 1.64 bits per heavy atom. The van der Waals surface area contributed by atoms with Crippen LogP contribution in [-0.2, 0) is 51.4 Å². The number of nitrogens with zero attached hydrogens (tertiary/aromatic N) is 1. The Bertz CT molecular complexity index is 1610. The molecule has 0 aromatic heterocycles. The molecule has 19 heteroatoms. The van der Waals surface area contributed by atoms with Gasteiger partial charge in [0.15, 0.2) is 12.2 Å². The first-order valence-electron chi connectivity index (χ1n) is 18.8. The van der Waals surface area contributed by atoms with E-state index in [9.17, 15) is 43.8 Å². The first kappa shape index (κ1) is 48.4. The molecule has 19 nitrogen and oxygen atoms in total. The third kappa shape index (κ3) is 19.4. The number of imide groups is 1. The van der Waals surface area contributed by atoms with Crippen molar-refractivity contribution in [2.75, 3.05) is 13.1 Å². The van der Waals surface area contributed by atoms with Gasteiger partial charge in [-0.1, -0.05) is 67.1 Å². The Kier molecular flexibility index (Phi) is 21.2. The minimum atomic E-state index is -1.88. The van der Waals surface area contributed by atoms with E-state index < -0.39 is 71.9 Å². The van der Waals surface area contributed by atoms with Crippen LogP contribution in [0, 0.1) is 0 Å². The number of aliphatic hydroxyl groups excluding tert-OH is 2. The SMILES string of the molecule is CC(C)(C)OC(=O)NCCCC[C@H](NC(=O)OCc1ccccc1)C(O)C(=O)ON1C(=O)CCC1=O.NCCCC[C@H](NC(=O)OCc1ccccc1)C(O)C(=O)O. The van der Waals surface area contributed by atoms with Crippen molar-refractivity contribution in [3.05, 3.63) is 71.8 Å². The van der Waals surface area contributed by atoms with Crippen LogP contribution in [0.25, 0.3) is 0 Å². The lowest BCUT2D eigenvalue weighted by Gasteiger charge is -2.24. The third-order valence-corrected chi connectivity index (χ3v) is 8.06. The van der Waals surface area contributed by atoms with Crippen LogP contribution in [0.2, 0.25) is 0 Å². The highest BCUT2D eigenvalue weighted by molar-refractivity contribution is 6.01. The summed E-state index contributed by atoms with van der Waals surface area (Å²) in [5.41, 5.74) is 6.29.